The van der Waals surface area contributed by atoms with Gasteiger partial charge in [-0.05, 0) is 59.7 Å². The summed E-state index contributed by atoms with van der Waals surface area (Å²) in [6.07, 6.45) is 0. The number of hydrogen-bond donors (Lipinski definition) is 0. The van der Waals surface area contributed by atoms with E-state index >= 15 is 0 Å². The van der Waals surface area contributed by atoms with Gasteiger partial charge in [-0.3, -0.25) is 0 Å². The maximum absolute atomic E-state index is 8.70. The SMILES string of the molecule is [2H]c1c([2H])c([2H])c(-c2cccc3c2sc2cccc(-n4c5ccccc5c5cc(-n6c7ccccc7c7ccccc76)ccc54)c23)c([2H])c1[2H]. The molecule has 0 aliphatic carbocycles. The van der Waals surface area contributed by atoms with Gasteiger partial charge in [0.2, 0.25) is 0 Å². The zero-order valence-corrected chi connectivity index (χ0v) is 24.7. The molecule has 0 radical (unpaired) electrons. The molecule has 0 bridgehead atoms. The van der Waals surface area contributed by atoms with Gasteiger partial charge in [-0.1, -0.05) is 109 Å². The third-order valence-corrected chi connectivity index (χ3v) is 10.2. The number of fused-ring (bicyclic) bond motifs is 9. The quantitative estimate of drug-likeness (QED) is 0.192. The van der Waals surface area contributed by atoms with Crippen LogP contribution in [0.5, 0.6) is 0 Å². The first-order valence-electron chi connectivity index (χ1n) is 17.5. The largest absolute Gasteiger partial charge is 0.309 e. The molecule has 0 saturated carbocycles. The van der Waals surface area contributed by atoms with Gasteiger partial charge < -0.3 is 9.13 Å². The van der Waals surface area contributed by atoms with Crippen LogP contribution in [0.3, 0.4) is 0 Å². The molecule has 0 amide bonds. The van der Waals surface area contributed by atoms with Gasteiger partial charge in [0.05, 0.1) is 34.6 Å². The van der Waals surface area contributed by atoms with Crippen LogP contribution in [0.15, 0.2) is 158 Å². The summed E-state index contributed by atoms with van der Waals surface area (Å²) in [7, 11) is 0. The maximum Gasteiger partial charge on any atom is 0.0629 e. The number of para-hydroxylation sites is 3. The average molecular weight is 596 g/mol. The van der Waals surface area contributed by atoms with Crippen LogP contribution in [-0.4, -0.2) is 9.13 Å². The van der Waals surface area contributed by atoms with E-state index in [4.69, 9.17) is 6.85 Å². The van der Waals surface area contributed by atoms with Crippen LogP contribution in [0.25, 0.3) is 86.3 Å². The molecule has 2 nitrogen and oxygen atoms in total. The van der Waals surface area contributed by atoms with Crippen molar-refractivity contribution in [2.75, 3.05) is 0 Å². The van der Waals surface area contributed by atoms with Crippen LogP contribution in [0.4, 0.5) is 0 Å². The van der Waals surface area contributed by atoms with E-state index in [1.807, 2.05) is 12.1 Å². The number of thiophene rings is 1. The first-order chi connectivity index (χ1) is 24.4. The van der Waals surface area contributed by atoms with Crippen molar-refractivity contribution in [3.8, 4) is 22.5 Å². The number of rotatable bonds is 3. The monoisotopic (exact) mass is 595 g/mol. The van der Waals surface area contributed by atoms with Crippen molar-refractivity contribution in [3.63, 3.8) is 0 Å². The summed E-state index contributed by atoms with van der Waals surface area (Å²) in [4.78, 5) is 0. The third kappa shape index (κ3) is 3.50. The van der Waals surface area contributed by atoms with E-state index < -0.39 is 0 Å². The molecular formula is C42H26N2S. The van der Waals surface area contributed by atoms with Gasteiger partial charge in [-0.2, -0.15) is 0 Å². The summed E-state index contributed by atoms with van der Waals surface area (Å²) in [5.74, 6) is 0. The van der Waals surface area contributed by atoms with Crippen LogP contribution < -0.4 is 0 Å². The highest BCUT2D eigenvalue weighted by atomic mass is 32.1. The first-order valence-corrected chi connectivity index (χ1v) is 15.8. The highest BCUT2D eigenvalue weighted by Gasteiger charge is 2.19. The molecule has 3 heterocycles. The molecule has 10 aromatic rings. The molecule has 0 aliphatic heterocycles. The number of hydrogen-bond acceptors (Lipinski definition) is 1. The summed E-state index contributed by atoms with van der Waals surface area (Å²) >= 11 is 1.59. The predicted octanol–water partition coefficient (Wildman–Crippen LogP) is 11.9. The zero-order valence-electron chi connectivity index (χ0n) is 28.9. The highest BCUT2D eigenvalue weighted by Crippen LogP contribution is 2.44. The van der Waals surface area contributed by atoms with E-state index in [0.29, 0.717) is 5.56 Å². The van der Waals surface area contributed by atoms with E-state index in [9.17, 15) is 0 Å². The second kappa shape index (κ2) is 9.43. The van der Waals surface area contributed by atoms with Gasteiger partial charge in [0.1, 0.15) is 0 Å². The van der Waals surface area contributed by atoms with Gasteiger partial charge in [-0.15, -0.1) is 11.3 Å². The lowest BCUT2D eigenvalue weighted by Crippen LogP contribution is -1.96. The average Bonchev–Trinajstić information content (AvgIpc) is 3.81. The maximum atomic E-state index is 8.70. The van der Waals surface area contributed by atoms with E-state index in [-0.39, 0.29) is 35.8 Å². The van der Waals surface area contributed by atoms with Crippen LogP contribution in [0.2, 0.25) is 0 Å². The fourth-order valence-electron chi connectivity index (χ4n) is 7.16. The Morgan fingerprint density at radius 3 is 1.82 bits per heavy atom. The number of aromatic nitrogens is 2. The molecular weight excluding hydrogens is 565 g/mol. The first kappa shape index (κ1) is 20.3. The van der Waals surface area contributed by atoms with E-state index in [1.165, 1.54) is 21.8 Å². The summed E-state index contributed by atoms with van der Waals surface area (Å²) in [6, 6.07) is 43.1. The van der Waals surface area contributed by atoms with Crippen molar-refractivity contribution in [2.24, 2.45) is 0 Å². The molecule has 0 atom stereocenters. The van der Waals surface area contributed by atoms with E-state index in [2.05, 4.69) is 124 Å². The topological polar surface area (TPSA) is 9.86 Å². The lowest BCUT2D eigenvalue weighted by Gasteiger charge is -2.12. The highest BCUT2D eigenvalue weighted by molar-refractivity contribution is 7.26. The summed E-state index contributed by atoms with van der Waals surface area (Å²) in [6.45, 7) is 0. The fraction of sp³-hybridized carbons (Fsp3) is 0. The molecule has 0 saturated heterocycles. The van der Waals surface area contributed by atoms with E-state index in [1.54, 1.807) is 11.3 Å². The zero-order chi connectivity index (χ0) is 33.8. The molecule has 45 heavy (non-hydrogen) atoms. The van der Waals surface area contributed by atoms with Crippen molar-refractivity contribution >= 4 is 75.1 Å². The Labute approximate surface area is 270 Å². The van der Waals surface area contributed by atoms with Crippen LogP contribution >= 0.6 is 11.3 Å². The van der Waals surface area contributed by atoms with Gasteiger partial charge >= 0.3 is 0 Å². The molecule has 0 N–H and O–H groups in total. The Morgan fingerprint density at radius 2 is 1.09 bits per heavy atom. The second-order valence-corrected chi connectivity index (χ2v) is 12.4. The Bertz CT molecular complexity index is 2980. The van der Waals surface area contributed by atoms with Crippen molar-refractivity contribution in [2.45, 2.75) is 0 Å². The number of nitrogens with zero attached hydrogens (tertiary/aromatic N) is 2. The Hall–Kier alpha value is -5.64. The minimum Gasteiger partial charge on any atom is -0.309 e. The molecule has 7 aromatic carbocycles. The smallest absolute Gasteiger partial charge is 0.0629 e. The van der Waals surface area contributed by atoms with Crippen molar-refractivity contribution in [1.82, 2.24) is 9.13 Å². The van der Waals surface area contributed by atoms with E-state index in [0.717, 1.165) is 53.4 Å². The fourth-order valence-corrected chi connectivity index (χ4v) is 8.40. The molecule has 0 unspecified atom stereocenters. The van der Waals surface area contributed by atoms with Gasteiger partial charge in [-0.25, -0.2) is 0 Å². The van der Waals surface area contributed by atoms with Gasteiger partial charge in [0.25, 0.3) is 0 Å². The minimum absolute atomic E-state index is 0.192. The summed E-state index contributed by atoms with van der Waals surface area (Å²) in [5, 5.41) is 6.81. The number of benzene rings is 7. The molecule has 3 aromatic heterocycles. The second-order valence-electron chi connectivity index (χ2n) is 11.4. The molecule has 0 aliphatic rings. The minimum atomic E-state index is -0.387. The lowest BCUT2D eigenvalue weighted by molar-refractivity contribution is 1.17. The Morgan fingerprint density at radius 1 is 0.489 bits per heavy atom. The summed E-state index contributed by atoms with van der Waals surface area (Å²) < 4.78 is 48.8. The van der Waals surface area contributed by atoms with Gasteiger partial charge in [0, 0.05) is 47.4 Å². The molecule has 210 valence electrons. The molecule has 3 heteroatoms. The molecule has 0 spiro atoms. The Balaban J connectivity index is 1.25. The molecule has 10 rings (SSSR count). The van der Waals surface area contributed by atoms with Crippen LogP contribution in [-0.2, 0) is 0 Å². The third-order valence-electron chi connectivity index (χ3n) is 9.01. The van der Waals surface area contributed by atoms with Crippen molar-refractivity contribution in [3.05, 3.63) is 158 Å². The predicted molar refractivity (Wildman–Crippen MR) is 193 cm³/mol. The standard InChI is InChI=1S/C42H26N2S/c1-2-12-27(13-3-1)29-17-10-18-33-41-39(22-11-23-40(41)45-42(29)33)44-37-21-9-6-16-32(37)34-26-28(24-25-38(34)44)43-35-19-7-4-14-30(35)31-15-5-8-20-36(31)43/h1-26H/i1D,2D,3D,12D,13D. The van der Waals surface area contributed by atoms with Crippen LogP contribution in [0.1, 0.15) is 6.85 Å². The molecule has 0 fully saturated rings. The normalized spacial score (nSPS) is 13.6. The van der Waals surface area contributed by atoms with Crippen LogP contribution in [0, 0.1) is 0 Å². The van der Waals surface area contributed by atoms with Gasteiger partial charge in [0.15, 0.2) is 0 Å². The van der Waals surface area contributed by atoms with Crippen molar-refractivity contribution < 1.29 is 6.85 Å². The van der Waals surface area contributed by atoms with Crippen molar-refractivity contribution in [1.29, 1.82) is 0 Å². The summed E-state index contributed by atoms with van der Waals surface area (Å²) in [5.41, 5.74) is 7.51. The lowest BCUT2D eigenvalue weighted by atomic mass is 10.0. The Kier molecular flexibility index (Phi) is 4.26.